The Balaban J connectivity index is 1.73. The summed E-state index contributed by atoms with van der Waals surface area (Å²) < 4.78 is 11.0. The van der Waals surface area contributed by atoms with E-state index in [2.05, 4.69) is 16.4 Å². The van der Waals surface area contributed by atoms with Gasteiger partial charge in [-0.2, -0.15) is 0 Å². The predicted octanol–water partition coefficient (Wildman–Crippen LogP) is 2.70. The van der Waals surface area contributed by atoms with E-state index in [-0.39, 0.29) is 0 Å². The van der Waals surface area contributed by atoms with Crippen LogP contribution in [0.1, 0.15) is 23.6 Å². The number of hydrogen-bond acceptors (Lipinski definition) is 4. The topological polar surface area (TPSA) is 43.4 Å². The maximum atomic E-state index is 5.72. The highest BCUT2D eigenvalue weighted by Crippen LogP contribution is 2.34. The van der Waals surface area contributed by atoms with Crippen LogP contribution in [0.4, 0.5) is 0 Å². The van der Waals surface area contributed by atoms with Crippen molar-refractivity contribution in [2.45, 2.75) is 19.0 Å². The van der Waals surface area contributed by atoms with Crippen LogP contribution in [-0.2, 0) is 6.54 Å². The fourth-order valence-electron chi connectivity index (χ4n) is 2.45. The number of nitrogens with one attached hydrogen (secondary N) is 1. The van der Waals surface area contributed by atoms with Gasteiger partial charge in [0.1, 0.15) is 11.5 Å². The fraction of sp³-hybridized carbons (Fsp3) is 0.312. The lowest BCUT2D eigenvalue weighted by Gasteiger charge is -2.27. The van der Waals surface area contributed by atoms with E-state index in [0.717, 1.165) is 31.1 Å². The van der Waals surface area contributed by atoms with Gasteiger partial charge in [-0.05, 0) is 23.8 Å². The molecule has 2 heterocycles. The second kappa shape index (κ2) is 5.92. The molecule has 0 bridgehead atoms. The lowest BCUT2D eigenvalue weighted by atomic mass is 10.00. The molecule has 0 saturated carbocycles. The molecule has 4 heteroatoms. The Bertz CT molecular complexity index is 572. The molecule has 0 saturated heterocycles. The Hall–Kier alpha value is -2.07. The SMILES string of the molecule is COc1ccc2c(c1)OCCC2NCc1ccncc1. The maximum Gasteiger partial charge on any atom is 0.127 e. The molecule has 1 aliphatic rings. The van der Waals surface area contributed by atoms with E-state index in [1.807, 2.05) is 36.7 Å². The van der Waals surface area contributed by atoms with Crippen LogP contribution in [0.2, 0.25) is 0 Å². The molecule has 4 nitrogen and oxygen atoms in total. The normalized spacial score (nSPS) is 17.1. The molecule has 20 heavy (non-hydrogen) atoms. The molecule has 1 unspecified atom stereocenters. The minimum atomic E-state index is 0.317. The summed E-state index contributed by atoms with van der Waals surface area (Å²) in [5.74, 6) is 1.75. The van der Waals surface area contributed by atoms with Gasteiger partial charge in [-0.25, -0.2) is 0 Å². The zero-order valence-electron chi connectivity index (χ0n) is 11.5. The molecule has 0 aliphatic carbocycles. The Morgan fingerprint density at radius 3 is 2.95 bits per heavy atom. The molecule has 1 aliphatic heterocycles. The number of nitrogens with zero attached hydrogens (tertiary/aromatic N) is 1. The molecule has 104 valence electrons. The molecule has 3 rings (SSSR count). The van der Waals surface area contributed by atoms with Crippen molar-refractivity contribution in [2.75, 3.05) is 13.7 Å². The smallest absolute Gasteiger partial charge is 0.127 e. The Labute approximate surface area is 118 Å². The van der Waals surface area contributed by atoms with Gasteiger partial charge in [-0.15, -0.1) is 0 Å². The highest BCUT2D eigenvalue weighted by atomic mass is 16.5. The first kappa shape index (κ1) is 12.9. The first-order valence-corrected chi connectivity index (χ1v) is 6.80. The molecule has 0 spiro atoms. The third-order valence-electron chi connectivity index (χ3n) is 3.56. The van der Waals surface area contributed by atoms with Gasteiger partial charge in [-0.3, -0.25) is 4.98 Å². The van der Waals surface area contributed by atoms with Gasteiger partial charge >= 0.3 is 0 Å². The van der Waals surface area contributed by atoms with Crippen molar-refractivity contribution in [1.82, 2.24) is 10.3 Å². The minimum absolute atomic E-state index is 0.317. The van der Waals surface area contributed by atoms with Gasteiger partial charge < -0.3 is 14.8 Å². The van der Waals surface area contributed by atoms with E-state index in [1.165, 1.54) is 11.1 Å². The second-order valence-electron chi connectivity index (χ2n) is 4.83. The molecular formula is C16H18N2O2. The summed E-state index contributed by atoms with van der Waals surface area (Å²) >= 11 is 0. The molecule has 0 radical (unpaired) electrons. The first-order chi connectivity index (χ1) is 9.86. The van der Waals surface area contributed by atoms with Crippen molar-refractivity contribution in [1.29, 1.82) is 0 Å². The van der Waals surface area contributed by atoms with Crippen molar-refractivity contribution < 1.29 is 9.47 Å². The summed E-state index contributed by atoms with van der Waals surface area (Å²) in [6.07, 6.45) is 4.62. The van der Waals surface area contributed by atoms with Crippen molar-refractivity contribution in [2.24, 2.45) is 0 Å². The largest absolute Gasteiger partial charge is 0.497 e. The molecule has 2 aromatic rings. The van der Waals surface area contributed by atoms with Crippen LogP contribution in [0.25, 0.3) is 0 Å². The highest BCUT2D eigenvalue weighted by Gasteiger charge is 2.21. The van der Waals surface area contributed by atoms with Crippen molar-refractivity contribution >= 4 is 0 Å². The number of ether oxygens (including phenoxy) is 2. The summed E-state index contributed by atoms with van der Waals surface area (Å²) in [5, 5.41) is 3.58. The minimum Gasteiger partial charge on any atom is -0.497 e. The number of rotatable bonds is 4. The zero-order chi connectivity index (χ0) is 13.8. The maximum absolute atomic E-state index is 5.72. The predicted molar refractivity (Wildman–Crippen MR) is 76.9 cm³/mol. The van der Waals surface area contributed by atoms with Crippen LogP contribution in [0.15, 0.2) is 42.7 Å². The lowest BCUT2D eigenvalue weighted by Crippen LogP contribution is -2.26. The molecule has 1 atom stereocenters. The third-order valence-corrected chi connectivity index (χ3v) is 3.56. The van der Waals surface area contributed by atoms with Crippen LogP contribution in [0.5, 0.6) is 11.5 Å². The number of benzene rings is 1. The van der Waals surface area contributed by atoms with E-state index in [1.54, 1.807) is 7.11 Å². The van der Waals surface area contributed by atoms with Gasteiger partial charge in [0, 0.05) is 43.0 Å². The summed E-state index contributed by atoms with van der Waals surface area (Å²) in [5.41, 5.74) is 2.44. The van der Waals surface area contributed by atoms with Crippen LogP contribution in [-0.4, -0.2) is 18.7 Å². The third kappa shape index (κ3) is 2.75. The fourth-order valence-corrected chi connectivity index (χ4v) is 2.45. The summed E-state index contributed by atoms with van der Waals surface area (Å²) in [6, 6.07) is 10.4. The van der Waals surface area contributed by atoms with Gasteiger partial charge in [0.2, 0.25) is 0 Å². The number of fused-ring (bicyclic) bond motifs is 1. The number of pyridine rings is 1. The first-order valence-electron chi connectivity index (χ1n) is 6.80. The molecule has 1 aromatic heterocycles. The Kier molecular flexibility index (Phi) is 3.83. The van der Waals surface area contributed by atoms with E-state index in [9.17, 15) is 0 Å². The van der Waals surface area contributed by atoms with E-state index < -0.39 is 0 Å². The van der Waals surface area contributed by atoms with Gasteiger partial charge in [0.15, 0.2) is 0 Å². The Morgan fingerprint density at radius 1 is 1.30 bits per heavy atom. The quantitative estimate of drug-likeness (QED) is 0.927. The van der Waals surface area contributed by atoms with Gasteiger partial charge in [0.05, 0.1) is 13.7 Å². The molecular weight excluding hydrogens is 252 g/mol. The van der Waals surface area contributed by atoms with E-state index >= 15 is 0 Å². The monoisotopic (exact) mass is 270 g/mol. The number of aromatic nitrogens is 1. The van der Waals surface area contributed by atoms with Crippen LogP contribution < -0.4 is 14.8 Å². The summed E-state index contributed by atoms with van der Waals surface area (Å²) in [7, 11) is 1.67. The second-order valence-corrected chi connectivity index (χ2v) is 4.83. The van der Waals surface area contributed by atoms with Crippen LogP contribution in [0.3, 0.4) is 0 Å². The highest BCUT2D eigenvalue weighted by molar-refractivity contribution is 5.43. The number of methoxy groups -OCH3 is 1. The molecule has 0 amide bonds. The van der Waals surface area contributed by atoms with Gasteiger partial charge in [-0.1, -0.05) is 6.07 Å². The standard InChI is InChI=1S/C16H18N2O2/c1-19-13-2-3-14-15(6-9-20-16(14)10-13)18-11-12-4-7-17-8-5-12/h2-5,7-8,10,15,18H,6,9,11H2,1H3. The van der Waals surface area contributed by atoms with E-state index in [4.69, 9.17) is 9.47 Å². The van der Waals surface area contributed by atoms with Crippen LogP contribution in [0, 0.1) is 0 Å². The average Bonchev–Trinajstić information content (AvgIpc) is 2.53. The van der Waals surface area contributed by atoms with Crippen LogP contribution >= 0.6 is 0 Å². The van der Waals surface area contributed by atoms with Gasteiger partial charge in [0.25, 0.3) is 0 Å². The molecule has 1 aromatic carbocycles. The van der Waals surface area contributed by atoms with Crippen molar-refractivity contribution in [3.05, 3.63) is 53.9 Å². The summed E-state index contributed by atoms with van der Waals surface area (Å²) in [4.78, 5) is 4.03. The average molecular weight is 270 g/mol. The Morgan fingerprint density at radius 2 is 2.15 bits per heavy atom. The lowest BCUT2D eigenvalue weighted by molar-refractivity contribution is 0.250. The summed E-state index contributed by atoms with van der Waals surface area (Å²) in [6.45, 7) is 1.56. The number of hydrogen-bond donors (Lipinski definition) is 1. The molecule has 0 fully saturated rings. The zero-order valence-corrected chi connectivity index (χ0v) is 11.5. The van der Waals surface area contributed by atoms with E-state index in [0.29, 0.717) is 6.04 Å². The van der Waals surface area contributed by atoms with Crippen molar-refractivity contribution in [3.63, 3.8) is 0 Å². The van der Waals surface area contributed by atoms with Crippen molar-refractivity contribution in [3.8, 4) is 11.5 Å². The molecule has 1 N–H and O–H groups in total.